The first-order valence-electron chi connectivity index (χ1n) is 8.52. The van der Waals surface area contributed by atoms with E-state index < -0.39 is 0 Å². The lowest BCUT2D eigenvalue weighted by atomic mass is 9.56. The minimum atomic E-state index is 0.487. The molecule has 0 spiro atoms. The summed E-state index contributed by atoms with van der Waals surface area (Å²) in [6.07, 6.45) is 11.7. The van der Waals surface area contributed by atoms with E-state index in [1.165, 1.54) is 50.5 Å². The Hall–Kier alpha value is -0.630. The molecule has 2 heteroatoms. The Bertz CT molecular complexity index is 567. The minimum absolute atomic E-state index is 0.487. The summed E-state index contributed by atoms with van der Waals surface area (Å²) >= 11 is 1.68. The van der Waals surface area contributed by atoms with E-state index in [4.69, 9.17) is 0 Å². The number of benzene rings is 1. The molecule has 0 bridgehead atoms. The van der Waals surface area contributed by atoms with Crippen molar-refractivity contribution in [1.82, 2.24) is 0 Å². The molecule has 0 aromatic heterocycles. The third-order valence-electron chi connectivity index (χ3n) is 6.81. The van der Waals surface area contributed by atoms with Crippen LogP contribution in [0.25, 0.3) is 0 Å². The lowest BCUT2D eigenvalue weighted by Crippen LogP contribution is -2.39. The van der Waals surface area contributed by atoms with E-state index in [1.807, 2.05) is 0 Å². The van der Waals surface area contributed by atoms with Crippen LogP contribution in [0.5, 0.6) is 5.75 Å². The van der Waals surface area contributed by atoms with Gasteiger partial charge in [0.2, 0.25) is 0 Å². The lowest BCUT2D eigenvalue weighted by molar-refractivity contribution is 0.0597. The first-order chi connectivity index (χ1) is 10.1. The molecule has 2 fully saturated rings. The average Bonchev–Trinajstić information content (AvgIpc) is 2.88. The zero-order chi connectivity index (χ0) is 14.6. The van der Waals surface area contributed by atoms with Gasteiger partial charge in [0.25, 0.3) is 0 Å². The van der Waals surface area contributed by atoms with Crippen molar-refractivity contribution < 1.29 is 5.11 Å². The van der Waals surface area contributed by atoms with Gasteiger partial charge in [-0.15, -0.1) is 11.8 Å². The SMILES string of the molecule is CSc1cc2c(cc1O)CCC1C2CC[C@]2(C)CCCC12. The molecule has 21 heavy (non-hydrogen) atoms. The van der Waals surface area contributed by atoms with Crippen molar-refractivity contribution in [2.45, 2.75) is 62.7 Å². The second-order valence-electron chi connectivity index (χ2n) is 7.72. The fraction of sp³-hybridized carbons (Fsp3) is 0.684. The van der Waals surface area contributed by atoms with Gasteiger partial charge in [-0.1, -0.05) is 13.3 Å². The smallest absolute Gasteiger partial charge is 0.129 e. The summed E-state index contributed by atoms with van der Waals surface area (Å²) in [6, 6.07) is 4.36. The van der Waals surface area contributed by atoms with Crippen LogP contribution in [0.2, 0.25) is 0 Å². The third-order valence-corrected chi connectivity index (χ3v) is 7.57. The monoisotopic (exact) mass is 302 g/mol. The van der Waals surface area contributed by atoms with Crippen molar-refractivity contribution in [1.29, 1.82) is 0 Å². The number of phenolic OH excluding ortho intramolecular Hbond substituents is 1. The van der Waals surface area contributed by atoms with Crippen LogP contribution >= 0.6 is 11.8 Å². The predicted molar refractivity (Wildman–Crippen MR) is 89.1 cm³/mol. The Morgan fingerprint density at radius 3 is 2.86 bits per heavy atom. The first-order valence-corrected chi connectivity index (χ1v) is 9.74. The molecule has 1 aromatic rings. The Balaban J connectivity index is 1.73. The van der Waals surface area contributed by atoms with Crippen LogP contribution in [0, 0.1) is 17.3 Å². The molecule has 0 heterocycles. The van der Waals surface area contributed by atoms with Gasteiger partial charge >= 0.3 is 0 Å². The standard InChI is InChI=1S/C19H26OS/c1-19-8-3-4-16(19)14-6-5-12-10-17(20)18(21-2)11-15(12)13(14)7-9-19/h10-11,13-14,16,20H,3-9H2,1-2H3/t13?,14?,16?,19-/m0/s1. The summed E-state index contributed by atoms with van der Waals surface area (Å²) in [5.74, 6) is 3.10. The molecule has 2 saturated carbocycles. The van der Waals surface area contributed by atoms with Gasteiger partial charge < -0.3 is 5.11 Å². The molecule has 0 amide bonds. The summed E-state index contributed by atoms with van der Waals surface area (Å²) < 4.78 is 0. The Morgan fingerprint density at radius 2 is 2.05 bits per heavy atom. The summed E-state index contributed by atoms with van der Waals surface area (Å²) in [4.78, 5) is 1.06. The molecule has 0 radical (unpaired) electrons. The minimum Gasteiger partial charge on any atom is -0.507 e. The molecule has 1 N–H and O–H groups in total. The van der Waals surface area contributed by atoms with E-state index in [9.17, 15) is 5.11 Å². The van der Waals surface area contributed by atoms with E-state index in [-0.39, 0.29) is 0 Å². The molecule has 3 aliphatic carbocycles. The average molecular weight is 302 g/mol. The molecule has 3 aliphatic rings. The zero-order valence-electron chi connectivity index (χ0n) is 13.2. The fourth-order valence-corrected chi connectivity index (χ4v) is 6.26. The summed E-state index contributed by atoms with van der Waals surface area (Å²) in [5, 5.41) is 10.1. The van der Waals surface area contributed by atoms with E-state index in [2.05, 4.69) is 25.3 Å². The molecule has 0 saturated heterocycles. The Kier molecular flexibility index (Phi) is 3.29. The van der Waals surface area contributed by atoms with Gasteiger partial charge in [0.05, 0.1) is 0 Å². The van der Waals surface area contributed by atoms with Gasteiger partial charge in [0.1, 0.15) is 5.75 Å². The number of aromatic hydroxyl groups is 1. The van der Waals surface area contributed by atoms with Crippen molar-refractivity contribution in [3.05, 3.63) is 23.3 Å². The number of rotatable bonds is 1. The molecular formula is C19H26OS. The highest BCUT2D eigenvalue weighted by Crippen LogP contribution is 2.61. The maximum Gasteiger partial charge on any atom is 0.129 e. The zero-order valence-corrected chi connectivity index (χ0v) is 14.0. The predicted octanol–water partition coefficient (Wildman–Crippen LogP) is 5.36. The van der Waals surface area contributed by atoms with Crippen LogP contribution in [0.4, 0.5) is 0 Å². The van der Waals surface area contributed by atoms with E-state index in [1.54, 1.807) is 17.3 Å². The van der Waals surface area contributed by atoms with E-state index in [0.29, 0.717) is 11.2 Å². The van der Waals surface area contributed by atoms with Crippen LogP contribution in [-0.2, 0) is 6.42 Å². The maximum absolute atomic E-state index is 10.1. The second-order valence-corrected chi connectivity index (χ2v) is 8.57. The number of hydrogen-bond acceptors (Lipinski definition) is 2. The van der Waals surface area contributed by atoms with E-state index >= 15 is 0 Å². The van der Waals surface area contributed by atoms with Gasteiger partial charge in [-0.05, 0) is 91.2 Å². The van der Waals surface area contributed by atoms with Gasteiger partial charge in [-0.3, -0.25) is 0 Å². The third kappa shape index (κ3) is 2.05. The van der Waals surface area contributed by atoms with Gasteiger partial charge in [0.15, 0.2) is 0 Å². The molecule has 0 aliphatic heterocycles. The van der Waals surface area contributed by atoms with Crippen molar-refractivity contribution in [2.24, 2.45) is 17.3 Å². The summed E-state index contributed by atoms with van der Waals surface area (Å²) in [7, 11) is 0. The Labute approximate surface area is 132 Å². The fourth-order valence-electron chi connectivity index (χ4n) is 5.74. The van der Waals surface area contributed by atoms with Gasteiger partial charge in [0, 0.05) is 4.90 Å². The molecular weight excluding hydrogens is 276 g/mol. The molecule has 114 valence electrons. The highest BCUT2D eigenvalue weighted by molar-refractivity contribution is 7.98. The Morgan fingerprint density at radius 1 is 1.19 bits per heavy atom. The summed E-state index contributed by atoms with van der Waals surface area (Å²) in [5.41, 5.74) is 3.63. The van der Waals surface area contributed by atoms with Crippen LogP contribution in [0.3, 0.4) is 0 Å². The molecule has 1 aromatic carbocycles. The maximum atomic E-state index is 10.1. The van der Waals surface area contributed by atoms with Crippen molar-refractivity contribution in [2.75, 3.05) is 6.26 Å². The topological polar surface area (TPSA) is 20.2 Å². The van der Waals surface area contributed by atoms with E-state index in [0.717, 1.165) is 22.6 Å². The van der Waals surface area contributed by atoms with Crippen LogP contribution in [-0.4, -0.2) is 11.4 Å². The van der Waals surface area contributed by atoms with Crippen molar-refractivity contribution in [3.63, 3.8) is 0 Å². The second kappa shape index (κ2) is 4.94. The number of hydrogen-bond donors (Lipinski definition) is 1. The molecule has 4 rings (SSSR count). The number of thioether (sulfide) groups is 1. The highest BCUT2D eigenvalue weighted by atomic mass is 32.2. The number of aryl methyl sites for hydroxylation is 1. The summed E-state index contributed by atoms with van der Waals surface area (Å²) in [6.45, 7) is 2.56. The largest absolute Gasteiger partial charge is 0.507 e. The van der Waals surface area contributed by atoms with Crippen LogP contribution < -0.4 is 0 Å². The molecule has 4 atom stereocenters. The molecule has 1 nitrogen and oxygen atoms in total. The highest BCUT2D eigenvalue weighted by Gasteiger charge is 2.50. The normalized spacial score (nSPS) is 37.7. The molecule has 3 unspecified atom stereocenters. The van der Waals surface area contributed by atoms with Gasteiger partial charge in [-0.2, -0.15) is 0 Å². The van der Waals surface area contributed by atoms with Crippen molar-refractivity contribution >= 4 is 11.8 Å². The quantitative estimate of drug-likeness (QED) is 0.705. The number of phenols is 1. The van der Waals surface area contributed by atoms with Crippen molar-refractivity contribution in [3.8, 4) is 5.75 Å². The van der Waals surface area contributed by atoms with Gasteiger partial charge in [-0.25, -0.2) is 0 Å². The lowest BCUT2D eigenvalue weighted by Gasteiger charge is -2.49. The first kappa shape index (κ1) is 14.0. The van der Waals surface area contributed by atoms with Crippen LogP contribution in [0.1, 0.15) is 62.5 Å². The van der Waals surface area contributed by atoms with Crippen LogP contribution in [0.15, 0.2) is 17.0 Å². The number of fused-ring (bicyclic) bond motifs is 5.